The monoisotopic (exact) mass is 466 g/mol. The van der Waals surface area contributed by atoms with Gasteiger partial charge in [0.15, 0.2) is 5.96 Å². The molecule has 3 aromatic rings. The number of hydrogen-bond donors (Lipinski definition) is 2. The zero-order valence-corrected chi connectivity index (χ0v) is 17.0. The topological polar surface area (TPSA) is 80.3 Å². The van der Waals surface area contributed by atoms with Crippen molar-refractivity contribution in [1.82, 2.24) is 25.2 Å². The van der Waals surface area contributed by atoms with Gasteiger partial charge in [-0.1, -0.05) is 0 Å². The predicted octanol–water partition coefficient (Wildman–Crippen LogP) is 2.78. The molecule has 3 heterocycles. The largest absolute Gasteiger partial charge is 0.469 e. The van der Waals surface area contributed by atoms with E-state index in [1.54, 1.807) is 25.0 Å². The number of halogens is 1. The summed E-state index contributed by atoms with van der Waals surface area (Å²) in [6.45, 7) is 4.19. The van der Waals surface area contributed by atoms with Gasteiger partial charge in [0.25, 0.3) is 0 Å². The maximum atomic E-state index is 5.34. The van der Waals surface area contributed by atoms with Crippen molar-refractivity contribution < 1.29 is 4.42 Å². The molecular weight excluding hydrogens is 443 g/mol. The van der Waals surface area contributed by atoms with Crippen LogP contribution in [0, 0.1) is 0 Å². The van der Waals surface area contributed by atoms with Gasteiger partial charge in [-0.3, -0.25) is 4.57 Å². The number of nitrogens with one attached hydrogen (secondary N) is 2. The zero-order chi connectivity index (χ0) is 17.3. The molecule has 0 atom stereocenters. The van der Waals surface area contributed by atoms with Crippen LogP contribution in [0.15, 0.2) is 64.9 Å². The van der Waals surface area contributed by atoms with Crippen molar-refractivity contribution in [2.75, 3.05) is 13.1 Å². The second-order valence-electron chi connectivity index (χ2n) is 5.44. The Kier molecular flexibility index (Phi) is 8.13. The average Bonchev–Trinajstić information content (AvgIpc) is 3.34. The Balaban J connectivity index is 0.00000243. The summed E-state index contributed by atoms with van der Waals surface area (Å²) in [5.74, 6) is 2.58. The third-order valence-electron chi connectivity index (χ3n) is 3.59. The van der Waals surface area contributed by atoms with E-state index in [-0.39, 0.29) is 24.0 Å². The number of nitrogens with zero attached hydrogens (tertiary/aromatic N) is 4. The Morgan fingerprint density at radius 1 is 1.27 bits per heavy atom. The first kappa shape index (κ1) is 20.0. The lowest BCUT2D eigenvalue weighted by molar-refractivity contribution is 0.507. The minimum absolute atomic E-state index is 0. The van der Waals surface area contributed by atoms with Crippen LogP contribution in [0.25, 0.3) is 5.82 Å². The molecule has 0 amide bonds. The van der Waals surface area contributed by atoms with E-state index in [1.165, 1.54) is 0 Å². The van der Waals surface area contributed by atoms with Crippen molar-refractivity contribution in [3.63, 3.8) is 0 Å². The number of pyridine rings is 1. The molecule has 0 aromatic carbocycles. The van der Waals surface area contributed by atoms with Crippen molar-refractivity contribution in [1.29, 1.82) is 0 Å². The molecule has 0 fully saturated rings. The molecule has 0 aliphatic rings. The van der Waals surface area contributed by atoms with Crippen LogP contribution < -0.4 is 10.6 Å². The van der Waals surface area contributed by atoms with Crippen molar-refractivity contribution in [2.45, 2.75) is 19.9 Å². The van der Waals surface area contributed by atoms with Gasteiger partial charge in [0.05, 0.1) is 12.8 Å². The zero-order valence-electron chi connectivity index (χ0n) is 14.6. The third kappa shape index (κ3) is 5.87. The minimum Gasteiger partial charge on any atom is -0.469 e. The summed E-state index contributed by atoms with van der Waals surface area (Å²) in [5.41, 5.74) is 1.09. The lowest BCUT2D eigenvalue weighted by atomic mass is 10.2. The standard InChI is InChI=1S/C18H22N6O.HI/c1-2-20-18(22-8-6-16-4-3-11-25-16)23-13-15-5-7-21-17(12-15)24-10-9-19-14-24;/h3-5,7,9-12,14H,2,6,8,13H2,1H3,(H2,20,22,23);1H. The second-order valence-corrected chi connectivity index (χ2v) is 5.44. The van der Waals surface area contributed by atoms with E-state index in [4.69, 9.17) is 4.42 Å². The SMILES string of the molecule is CCNC(=NCc1ccnc(-n2ccnc2)c1)NCCc1ccco1.I. The molecule has 3 rings (SSSR count). The predicted molar refractivity (Wildman–Crippen MR) is 112 cm³/mol. The van der Waals surface area contributed by atoms with Gasteiger partial charge >= 0.3 is 0 Å². The molecule has 8 heteroatoms. The van der Waals surface area contributed by atoms with E-state index < -0.39 is 0 Å². The van der Waals surface area contributed by atoms with Crippen LogP contribution in [0.3, 0.4) is 0 Å². The summed E-state index contributed by atoms with van der Waals surface area (Å²) in [5, 5.41) is 6.57. The van der Waals surface area contributed by atoms with Crippen LogP contribution >= 0.6 is 24.0 Å². The molecule has 7 nitrogen and oxygen atoms in total. The van der Waals surface area contributed by atoms with Gasteiger partial charge in [-0.15, -0.1) is 24.0 Å². The molecule has 138 valence electrons. The van der Waals surface area contributed by atoms with Gasteiger partial charge in [-0.05, 0) is 36.8 Å². The summed E-state index contributed by atoms with van der Waals surface area (Å²) in [6, 6.07) is 7.85. The highest BCUT2D eigenvalue weighted by Gasteiger charge is 2.02. The molecule has 26 heavy (non-hydrogen) atoms. The van der Waals surface area contributed by atoms with Crippen molar-refractivity contribution in [3.8, 4) is 5.82 Å². The molecule has 0 aliphatic carbocycles. The Morgan fingerprint density at radius 3 is 2.92 bits per heavy atom. The number of guanidine groups is 1. The smallest absolute Gasteiger partial charge is 0.191 e. The van der Waals surface area contributed by atoms with Gasteiger partial charge in [-0.2, -0.15) is 0 Å². The minimum atomic E-state index is 0. The van der Waals surface area contributed by atoms with Gasteiger partial charge < -0.3 is 15.1 Å². The maximum absolute atomic E-state index is 5.34. The molecule has 0 bridgehead atoms. The molecule has 3 aromatic heterocycles. The summed E-state index contributed by atoms with van der Waals surface area (Å²) in [4.78, 5) is 13.0. The summed E-state index contributed by atoms with van der Waals surface area (Å²) in [6.07, 6.45) is 9.63. The average molecular weight is 466 g/mol. The van der Waals surface area contributed by atoms with Crippen LogP contribution in [-0.2, 0) is 13.0 Å². The molecule has 0 radical (unpaired) electrons. The van der Waals surface area contributed by atoms with Gasteiger partial charge in [0.1, 0.15) is 17.9 Å². The van der Waals surface area contributed by atoms with Crippen LogP contribution in [0.1, 0.15) is 18.2 Å². The molecule has 2 N–H and O–H groups in total. The molecule has 0 aliphatic heterocycles. The van der Waals surface area contributed by atoms with Crippen molar-refractivity contribution >= 4 is 29.9 Å². The highest BCUT2D eigenvalue weighted by molar-refractivity contribution is 14.0. The van der Waals surface area contributed by atoms with Crippen molar-refractivity contribution in [2.24, 2.45) is 4.99 Å². The number of aromatic nitrogens is 3. The van der Waals surface area contributed by atoms with Gasteiger partial charge in [0.2, 0.25) is 0 Å². The Labute approximate surface area is 170 Å². The number of imidazole rings is 1. The first-order valence-electron chi connectivity index (χ1n) is 8.33. The van der Waals surface area contributed by atoms with E-state index in [0.29, 0.717) is 6.54 Å². The van der Waals surface area contributed by atoms with Crippen LogP contribution in [0.5, 0.6) is 0 Å². The summed E-state index contributed by atoms with van der Waals surface area (Å²) >= 11 is 0. The van der Waals surface area contributed by atoms with E-state index in [1.807, 2.05) is 42.0 Å². The fraction of sp³-hybridized carbons (Fsp3) is 0.278. The Hall–Kier alpha value is -2.36. The maximum Gasteiger partial charge on any atom is 0.191 e. The van der Waals surface area contributed by atoms with E-state index >= 15 is 0 Å². The Bertz CT molecular complexity index is 786. The first-order chi connectivity index (χ1) is 12.3. The molecule has 0 saturated carbocycles. The summed E-state index contributed by atoms with van der Waals surface area (Å²) < 4.78 is 7.21. The quantitative estimate of drug-likeness (QED) is 0.318. The third-order valence-corrected chi connectivity index (χ3v) is 3.59. The molecule has 0 spiro atoms. The van der Waals surface area contributed by atoms with Gasteiger partial charge in [0, 0.05) is 38.1 Å². The highest BCUT2D eigenvalue weighted by atomic mass is 127. The van der Waals surface area contributed by atoms with E-state index in [2.05, 4.69) is 25.6 Å². The molecule has 0 unspecified atom stereocenters. The fourth-order valence-corrected chi connectivity index (χ4v) is 2.37. The lowest BCUT2D eigenvalue weighted by Crippen LogP contribution is -2.38. The second kappa shape index (κ2) is 10.6. The Morgan fingerprint density at radius 2 is 2.19 bits per heavy atom. The van der Waals surface area contributed by atoms with Crippen LogP contribution in [-0.4, -0.2) is 33.6 Å². The number of aliphatic imine (C=N–C) groups is 1. The first-order valence-corrected chi connectivity index (χ1v) is 8.33. The normalized spacial score (nSPS) is 11.0. The van der Waals surface area contributed by atoms with E-state index in [9.17, 15) is 0 Å². The molecular formula is C18H23IN6O. The highest BCUT2D eigenvalue weighted by Crippen LogP contribution is 2.08. The van der Waals surface area contributed by atoms with Gasteiger partial charge in [-0.25, -0.2) is 15.0 Å². The summed E-state index contributed by atoms with van der Waals surface area (Å²) in [7, 11) is 0. The van der Waals surface area contributed by atoms with Crippen molar-refractivity contribution in [3.05, 3.63) is 66.8 Å². The van der Waals surface area contributed by atoms with Crippen LogP contribution in [0.2, 0.25) is 0 Å². The van der Waals surface area contributed by atoms with E-state index in [0.717, 1.165) is 42.6 Å². The molecule has 0 saturated heterocycles. The lowest BCUT2D eigenvalue weighted by Gasteiger charge is -2.11. The van der Waals surface area contributed by atoms with Crippen LogP contribution in [0.4, 0.5) is 0 Å². The fourth-order valence-electron chi connectivity index (χ4n) is 2.37. The number of rotatable bonds is 7. The number of furan rings is 1. The number of hydrogen-bond acceptors (Lipinski definition) is 4.